The molecule has 0 saturated carbocycles. The Bertz CT molecular complexity index is 642. The average Bonchev–Trinajstić information content (AvgIpc) is 2.86. The predicted octanol–water partition coefficient (Wildman–Crippen LogP) is 1.69. The van der Waals surface area contributed by atoms with Crippen molar-refractivity contribution in [1.29, 1.82) is 0 Å². The van der Waals surface area contributed by atoms with Gasteiger partial charge < -0.3 is 10.1 Å². The molecule has 6 nitrogen and oxygen atoms in total. The van der Waals surface area contributed by atoms with E-state index in [1.807, 2.05) is 18.2 Å². The number of hydrogen-bond donors (Lipinski definition) is 1. The third-order valence-corrected chi connectivity index (χ3v) is 3.55. The van der Waals surface area contributed by atoms with Crippen molar-refractivity contribution in [2.24, 2.45) is 0 Å². The van der Waals surface area contributed by atoms with Crippen LogP contribution in [-0.2, 0) is 13.0 Å². The van der Waals surface area contributed by atoms with E-state index in [4.69, 9.17) is 16.3 Å². The number of amides is 1. The number of aromatic nitrogens is 3. The van der Waals surface area contributed by atoms with Gasteiger partial charge >= 0.3 is 0 Å². The minimum Gasteiger partial charge on any atom is -0.477 e. The summed E-state index contributed by atoms with van der Waals surface area (Å²) in [5.41, 5.74) is 1.14. The van der Waals surface area contributed by atoms with Crippen molar-refractivity contribution in [2.45, 2.75) is 19.4 Å². The highest BCUT2D eigenvalue weighted by atomic mass is 35.5. The van der Waals surface area contributed by atoms with Crippen LogP contribution in [0, 0.1) is 0 Å². The molecular formula is C14H15ClN4O2. The second-order valence-corrected chi connectivity index (χ2v) is 5.10. The lowest BCUT2D eigenvalue weighted by molar-refractivity contribution is 0.0948. The molecule has 3 heterocycles. The number of fused-ring (bicyclic) bond motifs is 1. The molecule has 0 aromatic carbocycles. The minimum absolute atomic E-state index is 0.217. The maximum Gasteiger partial charge on any atom is 0.273 e. The molecule has 1 aliphatic heterocycles. The van der Waals surface area contributed by atoms with Gasteiger partial charge in [-0.1, -0.05) is 17.7 Å². The van der Waals surface area contributed by atoms with Crippen LogP contribution in [0.3, 0.4) is 0 Å². The second-order valence-electron chi connectivity index (χ2n) is 4.72. The Balaban J connectivity index is 1.62. The van der Waals surface area contributed by atoms with Crippen LogP contribution in [0.15, 0.2) is 24.4 Å². The third kappa shape index (κ3) is 3.00. The monoisotopic (exact) mass is 306 g/mol. The summed E-state index contributed by atoms with van der Waals surface area (Å²) in [7, 11) is 0. The first kappa shape index (κ1) is 13.9. The lowest BCUT2D eigenvalue weighted by atomic mass is 10.2. The van der Waals surface area contributed by atoms with Crippen molar-refractivity contribution in [2.75, 3.05) is 13.2 Å². The van der Waals surface area contributed by atoms with Gasteiger partial charge in [0, 0.05) is 37.8 Å². The summed E-state index contributed by atoms with van der Waals surface area (Å²) >= 11 is 6.15. The summed E-state index contributed by atoms with van der Waals surface area (Å²) in [5, 5.41) is 7.29. The summed E-state index contributed by atoms with van der Waals surface area (Å²) in [5.74, 6) is 0.194. The molecule has 1 amide bonds. The van der Waals surface area contributed by atoms with Gasteiger partial charge in [-0.25, -0.2) is 4.68 Å². The normalized spacial score (nSPS) is 13.4. The molecule has 21 heavy (non-hydrogen) atoms. The van der Waals surface area contributed by atoms with E-state index < -0.39 is 0 Å². The fourth-order valence-electron chi connectivity index (χ4n) is 2.18. The molecule has 3 rings (SSSR count). The Morgan fingerprint density at radius 2 is 2.38 bits per heavy atom. The molecule has 0 spiro atoms. The van der Waals surface area contributed by atoms with Gasteiger partial charge in [-0.15, -0.1) is 0 Å². The zero-order valence-electron chi connectivity index (χ0n) is 11.4. The van der Waals surface area contributed by atoms with Crippen molar-refractivity contribution in [3.63, 3.8) is 0 Å². The van der Waals surface area contributed by atoms with Gasteiger partial charge in [0.05, 0.1) is 6.61 Å². The van der Waals surface area contributed by atoms with Crippen LogP contribution < -0.4 is 10.1 Å². The van der Waals surface area contributed by atoms with Crippen LogP contribution in [0.2, 0.25) is 5.02 Å². The fraction of sp³-hybridized carbons (Fsp3) is 0.357. The van der Waals surface area contributed by atoms with Gasteiger partial charge in [-0.05, 0) is 12.1 Å². The molecule has 0 bridgehead atoms. The number of aryl methyl sites for hydroxylation is 1. The molecule has 1 aliphatic rings. The number of hydrogen-bond acceptors (Lipinski definition) is 4. The number of ether oxygens (including phenoxy) is 1. The first-order valence-electron chi connectivity index (χ1n) is 6.83. The van der Waals surface area contributed by atoms with E-state index in [0.717, 1.165) is 18.7 Å². The smallest absolute Gasteiger partial charge is 0.273 e. The lowest BCUT2D eigenvalue weighted by Gasteiger charge is -2.14. The fourth-order valence-corrected chi connectivity index (χ4v) is 2.45. The quantitative estimate of drug-likeness (QED) is 0.933. The van der Waals surface area contributed by atoms with Crippen LogP contribution in [0.25, 0.3) is 0 Å². The Kier molecular flexibility index (Phi) is 4.06. The van der Waals surface area contributed by atoms with Crippen molar-refractivity contribution in [3.8, 4) is 5.88 Å². The Morgan fingerprint density at radius 1 is 1.48 bits per heavy atom. The summed E-state index contributed by atoms with van der Waals surface area (Å²) < 4.78 is 7.08. The maximum atomic E-state index is 12.1. The lowest BCUT2D eigenvalue weighted by Crippen LogP contribution is -2.26. The van der Waals surface area contributed by atoms with Crippen LogP contribution in [0.5, 0.6) is 5.88 Å². The Labute approximate surface area is 127 Å². The number of rotatable bonds is 4. The molecule has 110 valence electrons. The molecular weight excluding hydrogens is 292 g/mol. The Morgan fingerprint density at radius 3 is 3.14 bits per heavy atom. The van der Waals surface area contributed by atoms with E-state index in [1.165, 1.54) is 0 Å². The van der Waals surface area contributed by atoms with E-state index in [-0.39, 0.29) is 16.6 Å². The Hall–Kier alpha value is -2.08. The summed E-state index contributed by atoms with van der Waals surface area (Å²) in [6.45, 7) is 1.80. The molecule has 7 heteroatoms. The van der Waals surface area contributed by atoms with Gasteiger partial charge in [-0.2, -0.15) is 5.10 Å². The minimum atomic E-state index is -0.290. The van der Waals surface area contributed by atoms with E-state index in [0.29, 0.717) is 25.5 Å². The van der Waals surface area contributed by atoms with E-state index in [9.17, 15) is 4.79 Å². The zero-order valence-corrected chi connectivity index (χ0v) is 12.1. The summed E-state index contributed by atoms with van der Waals surface area (Å²) in [6, 6.07) is 5.70. The average molecular weight is 307 g/mol. The van der Waals surface area contributed by atoms with Crippen molar-refractivity contribution < 1.29 is 9.53 Å². The van der Waals surface area contributed by atoms with Gasteiger partial charge in [0.2, 0.25) is 5.88 Å². The SMILES string of the molecule is O=C(NCCc1ccccn1)c1nn2c(c1Cl)OCCC2. The molecule has 0 saturated heterocycles. The molecule has 0 atom stereocenters. The number of carbonyl (C=O) groups excluding carboxylic acids is 1. The van der Waals surface area contributed by atoms with Gasteiger partial charge in [-0.3, -0.25) is 9.78 Å². The molecule has 1 N–H and O–H groups in total. The number of carbonyl (C=O) groups is 1. The van der Waals surface area contributed by atoms with E-state index >= 15 is 0 Å². The third-order valence-electron chi connectivity index (χ3n) is 3.21. The first-order chi connectivity index (χ1) is 10.3. The van der Waals surface area contributed by atoms with Crippen LogP contribution in [0.1, 0.15) is 22.6 Å². The predicted molar refractivity (Wildman–Crippen MR) is 77.6 cm³/mol. The number of halogens is 1. The van der Waals surface area contributed by atoms with Gasteiger partial charge in [0.15, 0.2) is 5.69 Å². The molecule has 0 unspecified atom stereocenters. The van der Waals surface area contributed by atoms with Crippen LogP contribution in [0.4, 0.5) is 0 Å². The highest BCUT2D eigenvalue weighted by Crippen LogP contribution is 2.30. The molecule has 0 radical (unpaired) electrons. The van der Waals surface area contributed by atoms with Gasteiger partial charge in [0.25, 0.3) is 5.91 Å². The molecule has 2 aromatic rings. The second kappa shape index (κ2) is 6.13. The van der Waals surface area contributed by atoms with Gasteiger partial charge in [0.1, 0.15) is 5.02 Å². The van der Waals surface area contributed by atoms with Crippen molar-refractivity contribution in [3.05, 3.63) is 40.8 Å². The van der Waals surface area contributed by atoms with Crippen molar-refractivity contribution >= 4 is 17.5 Å². The first-order valence-corrected chi connectivity index (χ1v) is 7.20. The molecule has 0 fully saturated rings. The van der Waals surface area contributed by atoms with Crippen LogP contribution in [-0.4, -0.2) is 33.8 Å². The highest BCUT2D eigenvalue weighted by Gasteiger charge is 2.24. The molecule has 0 aliphatic carbocycles. The summed E-state index contributed by atoms with van der Waals surface area (Å²) in [4.78, 5) is 16.3. The standard InChI is InChI=1S/C14H15ClN4O2/c15-11-12(18-19-8-3-9-21-14(11)19)13(20)17-7-5-10-4-1-2-6-16-10/h1-2,4,6H,3,5,7-9H2,(H,17,20). The zero-order chi connectivity index (χ0) is 14.7. The molecule has 2 aromatic heterocycles. The number of pyridine rings is 1. The van der Waals surface area contributed by atoms with E-state index in [2.05, 4.69) is 15.4 Å². The number of nitrogens with one attached hydrogen (secondary N) is 1. The number of nitrogens with zero attached hydrogens (tertiary/aromatic N) is 3. The summed E-state index contributed by atoms with van der Waals surface area (Å²) in [6.07, 6.45) is 3.26. The van der Waals surface area contributed by atoms with Crippen LogP contribution >= 0.6 is 11.6 Å². The van der Waals surface area contributed by atoms with Crippen molar-refractivity contribution in [1.82, 2.24) is 20.1 Å². The highest BCUT2D eigenvalue weighted by molar-refractivity contribution is 6.34. The largest absolute Gasteiger partial charge is 0.477 e. The topological polar surface area (TPSA) is 69.0 Å². The maximum absolute atomic E-state index is 12.1. The van der Waals surface area contributed by atoms with E-state index in [1.54, 1.807) is 10.9 Å².